The molecule has 0 spiro atoms. The largest absolute Gasteiger partial charge is 0.462 e. The minimum atomic E-state index is -0.442. The molecule has 2 rings (SSSR count). The number of carbonyl (C=O) groups excluding carboxylic acids is 2. The molecule has 1 heterocycles. The normalized spacial score (nSPS) is 10.4. The van der Waals surface area contributed by atoms with Crippen LogP contribution in [0.25, 0.3) is 0 Å². The molecule has 0 bridgehead atoms. The summed E-state index contributed by atoms with van der Waals surface area (Å²) >= 11 is 0. The predicted molar refractivity (Wildman–Crippen MR) is 84.9 cm³/mol. The molecule has 23 heavy (non-hydrogen) atoms. The second-order valence-electron chi connectivity index (χ2n) is 5.05. The summed E-state index contributed by atoms with van der Waals surface area (Å²) in [7, 11) is 0. The molecule has 0 aliphatic rings. The third kappa shape index (κ3) is 3.98. The fourth-order valence-electron chi connectivity index (χ4n) is 2.30. The summed E-state index contributed by atoms with van der Waals surface area (Å²) in [6.07, 6.45) is 0. The number of aromatic nitrogens is 1. The summed E-state index contributed by atoms with van der Waals surface area (Å²) in [4.78, 5) is 32.2. The van der Waals surface area contributed by atoms with Gasteiger partial charge in [-0.1, -0.05) is 30.3 Å². The lowest BCUT2D eigenvalue weighted by Gasteiger charge is -2.06. The zero-order chi connectivity index (χ0) is 16.8. The number of carbonyl (C=O) groups is 2. The van der Waals surface area contributed by atoms with Gasteiger partial charge in [0.1, 0.15) is 5.69 Å². The third-order valence-electron chi connectivity index (χ3n) is 3.39. The van der Waals surface area contributed by atoms with Crippen molar-refractivity contribution >= 4 is 11.9 Å². The Balaban J connectivity index is 2.02. The zero-order valence-corrected chi connectivity index (χ0v) is 13.4. The van der Waals surface area contributed by atoms with Gasteiger partial charge in [0.15, 0.2) is 0 Å². The Morgan fingerprint density at radius 3 is 2.52 bits per heavy atom. The molecule has 0 fully saturated rings. The molecule has 6 nitrogen and oxygen atoms in total. The molecule has 2 aromatic rings. The van der Waals surface area contributed by atoms with Gasteiger partial charge in [-0.15, -0.1) is 0 Å². The highest BCUT2D eigenvalue weighted by molar-refractivity contribution is 6.00. The van der Waals surface area contributed by atoms with Gasteiger partial charge in [0.05, 0.1) is 18.8 Å². The monoisotopic (exact) mass is 316 g/mol. The number of aryl methyl sites for hydroxylation is 1. The molecule has 6 heteroatoms. The van der Waals surface area contributed by atoms with Crippen LogP contribution in [0.5, 0.6) is 0 Å². The van der Waals surface area contributed by atoms with Crippen LogP contribution in [0, 0.1) is 13.8 Å². The van der Waals surface area contributed by atoms with Crippen molar-refractivity contribution in [1.29, 1.82) is 0 Å². The average Bonchev–Trinajstić information content (AvgIpc) is 2.83. The summed E-state index contributed by atoms with van der Waals surface area (Å²) < 4.78 is 5.00. The van der Waals surface area contributed by atoms with Gasteiger partial charge in [-0.25, -0.2) is 10.3 Å². The van der Waals surface area contributed by atoms with E-state index in [0.29, 0.717) is 22.5 Å². The van der Waals surface area contributed by atoms with Crippen molar-refractivity contribution in [2.24, 2.45) is 0 Å². The molecule has 1 aromatic heterocycles. The van der Waals surface area contributed by atoms with Crippen LogP contribution in [0.2, 0.25) is 0 Å². The van der Waals surface area contributed by atoms with Crippen molar-refractivity contribution in [3.8, 4) is 0 Å². The molecule has 1 amide bonds. The van der Waals surface area contributed by atoms with Gasteiger partial charge in [0.2, 0.25) is 0 Å². The number of aromatic amines is 1. The van der Waals surface area contributed by atoms with Crippen LogP contribution in [0.3, 0.4) is 0 Å². The number of ether oxygens (including phenoxy) is 1. The summed E-state index contributed by atoms with van der Waals surface area (Å²) in [5.74, 6) is -0.875. The fourth-order valence-corrected chi connectivity index (χ4v) is 2.30. The molecular formula is C17H20N2O4. The molecule has 0 aliphatic heterocycles. The van der Waals surface area contributed by atoms with Crippen LogP contribution < -0.4 is 5.48 Å². The molecule has 0 radical (unpaired) electrons. The smallest absolute Gasteiger partial charge is 0.340 e. The number of rotatable bonds is 6. The highest BCUT2D eigenvalue weighted by atomic mass is 16.6. The Kier molecular flexibility index (Phi) is 5.54. The summed E-state index contributed by atoms with van der Waals surface area (Å²) in [5.41, 5.74) is 5.14. The zero-order valence-electron chi connectivity index (χ0n) is 13.4. The molecule has 0 unspecified atom stereocenters. The van der Waals surface area contributed by atoms with Crippen LogP contribution in [0.4, 0.5) is 0 Å². The number of esters is 1. The lowest BCUT2D eigenvalue weighted by molar-refractivity contribution is 0.0229. The van der Waals surface area contributed by atoms with E-state index in [-0.39, 0.29) is 13.2 Å². The first-order valence-electron chi connectivity index (χ1n) is 7.37. The van der Waals surface area contributed by atoms with Crippen molar-refractivity contribution < 1.29 is 19.2 Å². The Labute approximate surface area is 134 Å². The van der Waals surface area contributed by atoms with Gasteiger partial charge in [-0.05, 0) is 31.9 Å². The minimum Gasteiger partial charge on any atom is -0.462 e. The van der Waals surface area contributed by atoms with Crippen LogP contribution in [-0.4, -0.2) is 23.5 Å². The molecule has 0 saturated heterocycles. The van der Waals surface area contributed by atoms with E-state index in [0.717, 1.165) is 5.56 Å². The Bertz CT molecular complexity index is 692. The van der Waals surface area contributed by atoms with E-state index in [4.69, 9.17) is 9.57 Å². The van der Waals surface area contributed by atoms with Crippen LogP contribution in [-0.2, 0) is 16.2 Å². The molecule has 0 saturated carbocycles. The third-order valence-corrected chi connectivity index (χ3v) is 3.39. The molecule has 1 aromatic carbocycles. The van der Waals surface area contributed by atoms with Crippen molar-refractivity contribution in [1.82, 2.24) is 10.5 Å². The SMILES string of the molecule is CCOC(=O)c1c(C)[nH]c(C(=O)NOCc2ccccc2)c1C. The Morgan fingerprint density at radius 2 is 1.87 bits per heavy atom. The molecule has 0 atom stereocenters. The lowest BCUT2D eigenvalue weighted by atomic mass is 10.1. The summed E-state index contributed by atoms with van der Waals surface area (Å²) in [5, 5.41) is 0. The maximum absolute atomic E-state index is 12.2. The van der Waals surface area contributed by atoms with E-state index >= 15 is 0 Å². The van der Waals surface area contributed by atoms with E-state index < -0.39 is 11.9 Å². The molecule has 122 valence electrons. The lowest BCUT2D eigenvalue weighted by Crippen LogP contribution is -2.24. The van der Waals surface area contributed by atoms with Crippen molar-refractivity contribution in [2.45, 2.75) is 27.4 Å². The van der Waals surface area contributed by atoms with E-state index in [2.05, 4.69) is 10.5 Å². The van der Waals surface area contributed by atoms with Crippen LogP contribution in [0.1, 0.15) is 44.6 Å². The Hall–Kier alpha value is -2.60. The molecule has 0 aliphatic carbocycles. The second kappa shape index (κ2) is 7.60. The maximum atomic E-state index is 12.2. The standard InChI is InChI=1S/C17H20N2O4/c1-4-22-17(21)14-11(2)15(18-12(14)3)16(20)19-23-10-13-8-6-5-7-9-13/h5-9,18H,4,10H2,1-3H3,(H,19,20). The van der Waals surface area contributed by atoms with E-state index in [1.54, 1.807) is 20.8 Å². The topological polar surface area (TPSA) is 80.4 Å². The van der Waals surface area contributed by atoms with Crippen molar-refractivity contribution in [3.63, 3.8) is 0 Å². The number of H-pyrrole nitrogens is 1. The first-order chi connectivity index (χ1) is 11.0. The van der Waals surface area contributed by atoms with Gasteiger partial charge in [-0.3, -0.25) is 9.63 Å². The van der Waals surface area contributed by atoms with Gasteiger partial charge in [0.25, 0.3) is 5.91 Å². The number of amides is 1. The fraction of sp³-hybridized carbons (Fsp3) is 0.294. The first kappa shape index (κ1) is 16.8. The quantitative estimate of drug-likeness (QED) is 0.634. The van der Waals surface area contributed by atoms with Crippen LogP contribution >= 0.6 is 0 Å². The minimum absolute atomic E-state index is 0.260. The van der Waals surface area contributed by atoms with E-state index in [1.807, 2.05) is 30.3 Å². The van der Waals surface area contributed by atoms with Crippen molar-refractivity contribution in [3.05, 3.63) is 58.4 Å². The molecule has 2 N–H and O–H groups in total. The summed E-state index contributed by atoms with van der Waals surface area (Å²) in [6, 6.07) is 9.49. The number of benzene rings is 1. The highest BCUT2D eigenvalue weighted by Crippen LogP contribution is 2.19. The van der Waals surface area contributed by atoms with E-state index in [1.165, 1.54) is 0 Å². The number of nitrogens with one attached hydrogen (secondary N) is 2. The molecular weight excluding hydrogens is 296 g/mol. The Morgan fingerprint density at radius 1 is 1.17 bits per heavy atom. The number of hydroxylamine groups is 1. The van der Waals surface area contributed by atoms with Crippen molar-refractivity contribution in [2.75, 3.05) is 6.61 Å². The first-order valence-corrected chi connectivity index (χ1v) is 7.37. The van der Waals surface area contributed by atoms with Gasteiger partial charge in [0, 0.05) is 5.69 Å². The maximum Gasteiger partial charge on any atom is 0.340 e. The van der Waals surface area contributed by atoms with E-state index in [9.17, 15) is 9.59 Å². The van der Waals surface area contributed by atoms with Gasteiger partial charge >= 0.3 is 5.97 Å². The summed E-state index contributed by atoms with van der Waals surface area (Å²) in [6.45, 7) is 5.70. The predicted octanol–water partition coefficient (Wildman–Crippen LogP) is 2.67. The van der Waals surface area contributed by atoms with Gasteiger partial charge in [-0.2, -0.15) is 0 Å². The van der Waals surface area contributed by atoms with Crippen LogP contribution in [0.15, 0.2) is 30.3 Å². The number of hydrogen-bond donors (Lipinski definition) is 2. The second-order valence-corrected chi connectivity index (χ2v) is 5.05. The van der Waals surface area contributed by atoms with Gasteiger partial charge < -0.3 is 9.72 Å². The number of hydrogen-bond acceptors (Lipinski definition) is 4. The highest BCUT2D eigenvalue weighted by Gasteiger charge is 2.22. The average molecular weight is 316 g/mol.